The van der Waals surface area contributed by atoms with E-state index in [2.05, 4.69) is 71.6 Å². The molecule has 1 saturated heterocycles. The van der Waals surface area contributed by atoms with Crippen molar-refractivity contribution in [2.45, 2.75) is 52.6 Å². The summed E-state index contributed by atoms with van der Waals surface area (Å²) in [7, 11) is -1.06. The molecular formula is C25H36BN3O3S. The summed E-state index contributed by atoms with van der Waals surface area (Å²) in [5, 5.41) is 5.91. The average molecular weight is 469 g/mol. The van der Waals surface area contributed by atoms with Gasteiger partial charge < -0.3 is 14.0 Å². The first kappa shape index (κ1) is 24.3. The highest BCUT2D eigenvalue weighted by Gasteiger charge is 2.51. The van der Waals surface area contributed by atoms with Crippen LogP contribution in [0.4, 0.5) is 0 Å². The fourth-order valence-corrected chi connectivity index (χ4v) is 4.39. The molecule has 6 nitrogen and oxygen atoms in total. The Bertz CT molecular complexity index is 1140. The zero-order valence-corrected chi connectivity index (χ0v) is 22.0. The fourth-order valence-electron chi connectivity index (χ4n) is 3.77. The Labute approximate surface area is 199 Å². The third-order valence-corrected chi connectivity index (χ3v) is 7.98. The first-order valence-electron chi connectivity index (χ1n) is 11.4. The Morgan fingerprint density at radius 2 is 1.73 bits per heavy atom. The third kappa shape index (κ3) is 4.99. The molecule has 0 amide bonds. The Morgan fingerprint density at radius 3 is 2.36 bits per heavy atom. The highest BCUT2D eigenvalue weighted by molar-refractivity contribution is 8.32. The number of pyridine rings is 1. The molecule has 0 aliphatic carbocycles. The highest BCUT2D eigenvalue weighted by atomic mass is 32.3. The summed E-state index contributed by atoms with van der Waals surface area (Å²) >= 11 is 0. The molecular weight excluding hydrogens is 433 g/mol. The lowest BCUT2D eigenvalue weighted by Crippen LogP contribution is -2.41. The van der Waals surface area contributed by atoms with Crippen LogP contribution < -0.4 is 5.46 Å². The SMILES string of the molecule is Cc1ccccc1-c1nn(COCCS(C)(C)C)c2ncc(B3OC(C)(C)C(C)(C)O3)cc12. The second-order valence-corrected chi connectivity index (χ2v) is 15.3. The monoisotopic (exact) mass is 469 g/mol. The summed E-state index contributed by atoms with van der Waals surface area (Å²) in [6.07, 6.45) is 8.74. The maximum atomic E-state index is 6.27. The number of aryl methyl sites for hydroxylation is 1. The van der Waals surface area contributed by atoms with Gasteiger partial charge in [0, 0.05) is 28.4 Å². The van der Waals surface area contributed by atoms with Gasteiger partial charge in [-0.15, -0.1) is 0 Å². The van der Waals surface area contributed by atoms with Gasteiger partial charge in [0.1, 0.15) is 12.4 Å². The molecule has 0 atom stereocenters. The Hall–Kier alpha value is -1.87. The zero-order valence-electron chi connectivity index (χ0n) is 21.1. The predicted octanol–water partition coefficient (Wildman–Crippen LogP) is 4.37. The van der Waals surface area contributed by atoms with Crippen LogP contribution >= 0.6 is 10.0 Å². The van der Waals surface area contributed by atoms with Crippen molar-refractivity contribution in [2.75, 3.05) is 31.1 Å². The second kappa shape index (κ2) is 8.73. The Balaban J connectivity index is 1.71. The van der Waals surface area contributed by atoms with Gasteiger partial charge in [0.05, 0.1) is 17.8 Å². The van der Waals surface area contributed by atoms with Crippen LogP contribution in [0.3, 0.4) is 0 Å². The largest absolute Gasteiger partial charge is 0.496 e. The van der Waals surface area contributed by atoms with E-state index in [9.17, 15) is 0 Å². The van der Waals surface area contributed by atoms with Crippen molar-refractivity contribution in [3.8, 4) is 11.3 Å². The topological polar surface area (TPSA) is 58.4 Å². The Kier molecular flexibility index (Phi) is 6.42. The van der Waals surface area contributed by atoms with E-state index in [0.29, 0.717) is 13.3 Å². The minimum atomic E-state index is -0.597. The highest BCUT2D eigenvalue weighted by Crippen LogP contribution is 2.37. The van der Waals surface area contributed by atoms with E-state index in [1.165, 1.54) is 5.56 Å². The van der Waals surface area contributed by atoms with E-state index in [1.54, 1.807) is 0 Å². The van der Waals surface area contributed by atoms with Crippen molar-refractivity contribution >= 4 is 33.6 Å². The van der Waals surface area contributed by atoms with Gasteiger partial charge in [-0.05, 0) is 65.0 Å². The summed E-state index contributed by atoms with van der Waals surface area (Å²) in [4.78, 5) is 4.79. The van der Waals surface area contributed by atoms with Crippen molar-refractivity contribution < 1.29 is 14.0 Å². The van der Waals surface area contributed by atoms with Crippen LogP contribution in [-0.2, 0) is 20.8 Å². The number of rotatable bonds is 7. The summed E-state index contributed by atoms with van der Waals surface area (Å²) in [6.45, 7) is 11.4. The van der Waals surface area contributed by atoms with Crippen molar-refractivity contribution in [3.63, 3.8) is 0 Å². The Morgan fingerprint density at radius 1 is 1.06 bits per heavy atom. The van der Waals surface area contributed by atoms with E-state index in [4.69, 9.17) is 24.1 Å². The van der Waals surface area contributed by atoms with Gasteiger partial charge in [-0.1, -0.05) is 24.3 Å². The number of aromatic nitrogens is 3. The molecule has 3 heterocycles. The average Bonchev–Trinajstić information content (AvgIpc) is 3.18. The molecule has 0 saturated carbocycles. The van der Waals surface area contributed by atoms with E-state index < -0.39 is 28.3 Å². The van der Waals surface area contributed by atoms with E-state index >= 15 is 0 Å². The standard InChI is InChI=1S/C25H36BN3O3S/c1-18-11-9-10-12-20(18)22-21-15-19(26-31-24(2,3)25(4,5)32-26)16-27-23(21)29(28-22)17-30-13-14-33(6,7)8/h9-12,15-16H,13-14,17H2,1-8H3. The molecule has 8 heteroatoms. The molecule has 1 aliphatic heterocycles. The number of hydrogen-bond donors (Lipinski definition) is 0. The maximum absolute atomic E-state index is 6.27. The number of benzene rings is 1. The molecule has 2 aromatic heterocycles. The molecule has 1 aromatic carbocycles. The quantitative estimate of drug-likeness (QED) is 0.380. The molecule has 4 rings (SSSR count). The van der Waals surface area contributed by atoms with E-state index in [0.717, 1.165) is 33.5 Å². The molecule has 0 unspecified atom stereocenters. The fraction of sp³-hybridized carbons (Fsp3) is 0.520. The molecule has 3 aromatic rings. The minimum Gasteiger partial charge on any atom is -0.399 e. The normalized spacial score (nSPS) is 18.2. The molecule has 33 heavy (non-hydrogen) atoms. The van der Waals surface area contributed by atoms with Crippen LogP contribution in [0.1, 0.15) is 33.3 Å². The summed E-state index contributed by atoms with van der Waals surface area (Å²) in [5.74, 6) is 1.07. The second-order valence-electron chi connectivity index (χ2n) is 10.7. The molecule has 0 bridgehead atoms. The van der Waals surface area contributed by atoms with Crippen LogP contribution in [0.25, 0.3) is 22.3 Å². The molecule has 0 radical (unpaired) electrons. The smallest absolute Gasteiger partial charge is 0.399 e. The molecule has 1 aliphatic rings. The van der Waals surface area contributed by atoms with Gasteiger partial charge in [0.25, 0.3) is 0 Å². The number of ether oxygens (including phenoxy) is 1. The lowest BCUT2D eigenvalue weighted by molar-refractivity contribution is 0.00578. The summed E-state index contributed by atoms with van der Waals surface area (Å²) in [5.41, 5.74) is 4.05. The van der Waals surface area contributed by atoms with Gasteiger partial charge in [-0.3, -0.25) is 0 Å². The predicted molar refractivity (Wildman–Crippen MR) is 140 cm³/mol. The van der Waals surface area contributed by atoms with Gasteiger partial charge in [-0.25, -0.2) is 19.7 Å². The van der Waals surface area contributed by atoms with Crippen molar-refractivity contribution in [1.82, 2.24) is 14.8 Å². The van der Waals surface area contributed by atoms with Gasteiger partial charge in [0.2, 0.25) is 0 Å². The maximum Gasteiger partial charge on any atom is 0.496 e. The van der Waals surface area contributed by atoms with Crippen LogP contribution in [0.5, 0.6) is 0 Å². The van der Waals surface area contributed by atoms with Crippen LogP contribution in [0.15, 0.2) is 36.5 Å². The van der Waals surface area contributed by atoms with Crippen LogP contribution in [0.2, 0.25) is 0 Å². The zero-order chi connectivity index (χ0) is 24.0. The summed E-state index contributed by atoms with van der Waals surface area (Å²) in [6, 6.07) is 10.4. The molecule has 0 N–H and O–H groups in total. The van der Waals surface area contributed by atoms with Gasteiger partial charge in [-0.2, -0.15) is 5.10 Å². The molecule has 178 valence electrons. The van der Waals surface area contributed by atoms with Crippen molar-refractivity contribution in [3.05, 3.63) is 42.1 Å². The minimum absolute atomic E-state index is 0.376. The van der Waals surface area contributed by atoms with Crippen molar-refractivity contribution in [2.24, 2.45) is 0 Å². The molecule has 0 spiro atoms. The van der Waals surface area contributed by atoms with Crippen molar-refractivity contribution in [1.29, 1.82) is 0 Å². The lowest BCUT2D eigenvalue weighted by Gasteiger charge is -2.32. The number of fused-ring (bicyclic) bond motifs is 1. The number of hydrogen-bond acceptors (Lipinski definition) is 5. The van der Waals surface area contributed by atoms with Gasteiger partial charge in [0.15, 0.2) is 5.65 Å². The lowest BCUT2D eigenvalue weighted by atomic mass is 9.80. The van der Waals surface area contributed by atoms with E-state index in [-0.39, 0.29) is 0 Å². The summed E-state index contributed by atoms with van der Waals surface area (Å²) < 4.78 is 20.4. The van der Waals surface area contributed by atoms with Crippen LogP contribution in [0, 0.1) is 6.92 Å². The number of nitrogens with zero attached hydrogens (tertiary/aromatic N) is 3. The van der Waals surface area contributed by atoms with E-state index in [1.807, 2.05) is 23.0 Å². The third-order valence-electron chi connectivity index (χ3n) is 6.59. The van der Waals surface area contributed by atoms with Crippen LogP contribution in [-0.4, -0.2) is 64.2 Å². The molecule has 1 fully saturated rings. The first-order chi connectivity index (χ1) is 15.4. The van der Waals surface area contributed by atoms with Gasteiger partial charge >= 0.3 is 7.12 Å². The first-order valence-corrected chi connectivity index (χ1v) is 14.4.